The van der Waals surface area contributed by atoms with Crippen LogP contribution in [0.3, 0.4) is 0 Å². The Labute approximate surface area is 152 Å². The number of carbonyl (C=O) groups is 1. The fourth-order valence-electron chi connectivity index (χ4n) is 3.52. The molecule has 1 amide bonds. The van der Waals surface area contributed by atoms with Crippen LogP contribution in [0.2, 0.25) is 0 Å². The summed E-state index contributed by atoms with van der Waals surface area (Å²) in [6, 6.07) is 14.1. The molecule has 0 saturated carbocycles. The molecule has 0 spiro atoms. The molecule has 0 saturated heterocycles. The first kappa shape index (κ1) is 16.5. The number of anilines is 1. The maximum Gasteiger partial charge on any atom is 0.221 e. The summed E-state index contributed by atoms with van der Waals surface area (Å²) in [5.41, 5.74) is 5.27. The van der Waals surface area contributed by atoms with Gasteiger partial charge in [-0.15, -0.1) is 0 Å². The second kappa shape index (κ2) is 7.09. The van der Waals surface area contributed by atoms with Crippen molar-refractivity contribution in [2.24, 2.45) is 0 Å². The molecule has 3 heterocycles. The number of aromatic amines is 1. The lowest BCUT2D eigenvalue weighted by Crippen LogP contribution is -2.36. The third-order valence-corrected chi connectivity index (χ3v) is 4.66. The van der Waals surface area contributed by atoms with E-state index in [0.717, 1.165) is 42.1 Å². The smallest absolute Gasteiger partial charge is 0.221 e. The van der Waals surface area contributed by atoms with E-state index in [-0.39, 0.29) is 11.9 Å². The van der Waals surface area contributed by atoms with Crippen LogP contribution in [-0.2, 0) is 17.8 Å². The number of hydrogen-bond donors (Lipinski definition) is 2. The molecule has 0 radical (unpaired) electrons. The van der Waals surface area contributed by atoms with Crippen molar-refractivity contribution in [3.63, 3.8) is 0 Å². The van der Waals surface area contributed by atoms with E-state index in [9.17, 15) is 4.79 Å². The van der Waals surface area contributed by atoms with Crippen LogP contribution < -0.4 is 5.32 Å². The van der Waals surface area contributed by atoms with E-state index in [1.165, 1.54) is 12.6 Å². The SMILES string of the molecule is CC(=O)Nc1ccc([C@H]2c3nc[nH]c3CCN2Cc2ccccn2)cc1. The Kier molecular flexibility index (Phi) is 4.50. The Morgan fingerprint density at radius 1 is 1.23 bits per heavy atom. The molecule has 6 nitrogen and oxygen atoms in total. The van der Waals surface area contributed by atoms with Gasteiger partial charge in [0.15, 0.2) is 0 Å². The molecule has 1 aliphatic rings. The molecule has 1 atom stereocenters. The minimum absolute atomic E-state index is 0.0678. The molecule has 0 aliphatic carbocycles. The lowest BCUT2D eigenvalue weighted by atomic mass is 9.95. The van der Waals surface area contributed by atoms with Crippen molar-refractivity contribution in [1.82, 2.24) is 19.9 Å². The van der Waals surface area contributed by atoms with Crippen molar-refractivity contribution >= 4 is 11.6 Å². The Balaban J connectivity index is 1.66. The summed E-state index contributed by atoms with van der Waals surface area (Å²) in [6.07, 6.45) is 4.55. The molecule has 4 rings (SSSR count). The van der Waals surface area contributed by atoms with Crippen molar-refractivity contribution in [3.8, 4) is 0 Å². The van der Waals surface area contributed by atoms with Crippen LogP contribution in [-0.4, -0.2) is 32.3 Å². The molecule has 0 fully saturated rings. The van der Waals surface area contributed by atoms with Gasteiger partial charge in [-0.3, -0.25) is 14.7 Å². The average molecular weight is 347 g/mol. The molecule has 0 unspecified atom stereocenters. The highest BCUT2D eigenvalue weighted by Crippen LogP contribution is 2.34. The molecule has 2 aromatic heterocycles. The lowest BCUT2D eigenvalue weighted by Gasteiger charge is -2.35. The van der Waals surface area contributed by atoms with E-state index in [2.05, 4.69) is 43.4 Å². The molecule has 0 bridgehead atoms. The van der Waals surface area contributed by atoms with Gasteiger partial charge >= 0.3 is 0 Å². The Morgan fingerprint density at radius 2 is 2.08 bits per heavy atom. The Bertz CT molecular complexity index is 888. The van der Waals surface area contributed by atoms with Crippen molar-refractivity contribution < 1.29 is 4.79 Å². The van der Waals surface area contributed by atoms with Crippen LogP contribution in [0.1, 0.15) is 35.6 Å². The maximum atomic E-state index is 11.2. The number of amides is 1. The van der Waals surface area contributed by atoms with Crippen molar-refractivity contribution in [2.45, 2.75) is 25.9 Å². The monoisotopic (exact) mass is 347 g/mol. The van der Waals surface area contributed by atoms with E-state index >= 15 is 0 Å². The van der Waals surface area contributed by atoms with Gasteiger partial charge in [0, 0.05) is 44.0 Å². The third kappa shape index (κ3) is 3.36. The molecule has 132 valence electrons. The molecule has 6 heteroatoms. The number of hydrogen-bond acceptors (Lipinski definition) is 4. The number of nitrogens with one attached hydrogen (secondary N) is 2. The number of rotatable bonds is 4. The second-order valence-corrected chi connectivity index (χ2v) is 6.51. The molecular formula is C20H21N5O. The van der Waals surface area contributed by atoms with Crippen LogP contribution in [0.4, 0.5) is 5.69 Å². The summed E-state index contributed by atoms with van der Waals surface area (Å²) in [5.74, 6) is -0.0678. The Morgan fingerprint density at radius 3 is 2.81 bits per heavy atom. The number of nitrogens with zero attached hydrogens (tertiary/aromatic N) is 3. The van der Waals surface area contributed by atoms with Gasteiger partial charge in [0.1, 0.15) is 0 Å². The van der Waals surface area contributed by atoms with Crippen LogP contribution in [0.15, 0.2) is 55.0 Å². The molecule has 26 heavy (non-hydrogen) atoms. The number of carbonyl (C=O) groups excluding carboxylic acids is 1. The minimum atomic E-state index is -0.0678. The maximum absolute atomic E-state index is 11.2. The molecule has 2 N–H and O–H groups in total. The minimum Gasteiger partial charge on any atom is -0.348 e. The highest BCUT2D eigenvalue weighted by atomic mass is 16.1. The fraction of sp³-hybridized carbons (Fsp3) is 0.250. The van der Waals surface area contributed by atoms with Crippen molar-refractivity contribution in [1.29, 1.82) is 0 Å². The topological polar surface area (TPSA) is 73.9 Å². The molecular weight excluding hydrogens is 326 g/mol. The second-order valence-electron chi connectivity index (χ2n) is 6.51. The van der Waals surface area contributed by atoms with E-state index < -0.39 is 0 Å². The number of imidazole rings is 1. The number of benzene rings is 1. The highest BCUT2D eigenvalue weighted by molar-refractivity contribution is 5.88. The number of pyridine rings is 1. The first-order chi connectivity index (χ1) is 12.7. The molecule has 1 aliphatic heterocycles. The zero-order valence-corrected chi connectivity index (χ0v) is 14.6. The van der Waals surface area contributed by atoms with Crippen LogP contribution in [0, 0.1) is 0 Å². The normalized spacial score (nSPS) is 16.9. The van der Waals surface area contributed by atoms with Gasteiger partial charge in [-0.1, -0.05) is 18.2 Å². The predicted octanol–water partition coefficient (Wildman–Crippen LogP) is 2.91. The first-order valence-corrected chi connectivity index (χ1v) is 8.74. The van der Waals surface area contributed by atoms with Crippen LogP contribution in [0.5, 0.6) is 0 Å². The summed E-state index contributed by atoms with van der Waals surface area (Å²) in [4.78, 5) is 26.0. The van der Waals surface area contributed by atoms with E-state index in [1.807, 2.05) is 30.5 Å². The standard InChI is InChI=1S/C20H21N5O/c1-14(26)24-16-7-5-15(6-8-16)20-19-18(22-13-23-19)9-11-25(20)12-17-4-2-3-10-21-17/h2-8,10,13,20H,9,11-12H2,1H3,(H,22,23)(H,24,26)/t20-/m0/s1. The molecule has 1 aromatic carbocycles. The fourth-order valence-corrected chi connectivity index (χ4v) is 3.52. The van der Waals surface area contributed by atoms with Crippen molar-refractivity contribution in [2.75, 3.05) is 11.9 Å². The third-order valence-electron chi connectivity index (χ3n) is 4.66. The van der Waals surface area contributed by atoms with E-state index in [1.54, 1.807) is 6.33 Å². The zero-order chi connectivity index (χ0) is 17.9. The van der Waals surface area contributed by atoms with Gasteiger partial charge in [-0.05, 0) is 29.8 Å². The van der Waals surface area contributed by atoms with Gasteiger partial charge in [0.2, 0.25) is 5.91 Å². The van der Waals surface area contributed by atoms with Crippen LogP contribution in [0.25, 0.3) is 0 Å². The van der Waals surface area contributed by atoms with Crippen LogP contribution >= 0.6 is 0 Å². The summed E-state index contributed by atoms with van der Waals surface area (Å²) in [6.45, 7) is 3.22. The summed E-state index contributed by atoms with van der Waals surface area (Å²) in [7, 11) is 0. The quantitative estimate of drug-likeness (QED) is 0.761. The molecule has 3 aromatic rings. The number of fused-ring (bicyclic) bond motifs is 1. The van der Waals surface area contributed by atoms with Gasteiger partial charge in [-0.25, -0.2) is 4.98 Å². The highest BCUT2D eigenvalue weighted by Gasteiger charge is 2.31. The number of aromatic nitrogens is 3. The largest absolute Gasteiger partial charge is 0.348 e. The van der Waals surface area contributed by atoms with Crippen molar-refractivity contribution in [3.05, 3.63) is 77.6 Å². The summed E-state index contributed by atoms with van der Waals surface area (Å²) in [5, 5.41) is 2.82. The van der Waals surface area contributed by atoms with Gasteiger partial charge < -0.3 is 10.3 Å². The zero-order valence-electron chi connectivity index (χ0n) is 14.6. The van der Waals surface area contributed by atoms with E-state index in [4.69, 9.17) is 0 Å². The van der Waals surface area contributed by atoms with Gasteiger partial charge in [0.05, 0.1) is 23.8 Å². The van der Waals surface area contributed by atoms with Gasteiger partial charge in [0.25, 0.3) is 0 Å². The summed E-state index contributed by atoms with van der Waals surface area (Å²) < 4.78 is 0. The number of H-pyrrole nitrogens is 1. The van der Waals surface area contributed by atoms with Gasteiger partial charge in [-0.2, -0.15) is 0 Å². The first-order valence-electron chi connectivity index (χ1n) is 8.74. The Hall–Kier alpha value is -2.99. The van der Waals surface area contributed by atoms with E-state index in [0.29, 0.717) is 0 Å². The summed E-state index contributed by atoms with van der Waals surface area (Å²) >= 11 is 0. The lowest BCUT2D eigenvalue weighted by molar-refractivity contribution is -0.114. The predicted molar refractivity (Wildman–Crippen MR) is 99.5 cm³/mol. The average Bonchev–Trinajstić information content (AvgIpc) is 3.12.